The van der Waals surface area contributed by atoms with Crippen molar-refractivity contribution in [2.24, 2.45) is 7.05 Å². The fourth-order valence-corrected chi connectivity index (χ4v) is 2.69. The molecule has 3 rings (SSSR count). The molecular formula is C17H17ClFN5. The minimum Gasteiger partial charge on any atom is -0.302 e. The largest absolute Gasteiger partial charge is 0.302 e. The van der Waals surface area contributed by atoms with Gasteiger partial charge in [-0.05, 0) is 17.7 Å². The number of hydrogen-bond acceptors (Lipinski definition) is 3. The number of aryl methyl sites for hydroxylation is 1. The van der Waals surface area contributed by atoms with Crippen LogP contribution in [0.25, 0.3) is 6.20 Å². The molecule has 0 radical (unpaired) electrons. The SMILES string of the molecule is C=Cn1cc(CN[C@H](c2ccc(F)c(Cl)c2)c2cnn(C)c2)cn1. The van der Waals surface area contributed by atoms with E-state index in [2.05, 4.69) is 22.1 Å². The normalized spacial score (nSPS) is 12.3. The number of nitrogens with one attached hydrogen (secondary N) is 1. The zero-order chi connectivity index (χ0) is 17.1. The van der Waals surface area contributed by atoms with Gasteiger partial charge in [0.1, 0.15) is 5.82 Å². The van der Waals surface area contributed by atoms with Crippen molar-refractivity contribution >= 4 is 17.8 Å². The maximum absolute atomic E-state index is 13.5. The first-order valence-electron chi connectivity index (χ1n) is 7.39. The molecule has 0 aliphatic heterocycles. The number of aromatic nitrogens is 4. The first kappa shape index (κ1) is 16.4. The van der Waals surface area contributed by atoms with Crippen LogP contribution in [0.4, 0.5) is 4.39 Å². The molecule has 124 valence electrons. The smallest absolute Gasteiger partial charge is 0.141 e. The fourth-order valence-electron chi connectivity index (χ4n) is 2.50. The molecule has 3 aromatic rings. The summed E-state index contributed by atoms with van der Waals surface area (Å²) in [5.41, 5.74) is 2.85. The quantitative estimate of drug-likeness (QED) is 0.745. The second-order valence-corrected chi connectivity index (χ2v) is 5.85. The van der Waals surface area contributed by atoms with Gasteiger partial charge in [-0.15, -0.1) is 0 Å². The van der Waals surface area contributed by atoms with E-state index in [1.807, 2.05) is 19.4 Å². The lowest BCUT2D eigenvalue weighted by Crippen LogP contribution is -2.21. The zero-order valence-electron chi connectivity index (χ0n) is 13.2. The highest BCUT2D eigenvalue weighted by atomic mass is 35.5. The third-order valence-electron chi connectivity index (χ3n) is 3.69. The molecule has 0 saturated carbocycles. The van der Waals surface area contributed by atoms with Crippen molar-refractivity contribution in [1.29, 1.82) is 0 Å². The van der Waals surface area contributed by atoms with Crippen molar-refractivity contribution in [3.63, 3.8) is 0 Å². The predicted molar refractivity (Wildman–Crippen MR) is 91.9 cm³/mol. The van der Waals surface area contributed by atoms with Crippen molar-refractivity contribution in [3.05, 3.63) is 77.1 Å². The number of halogens is 2. The summed E-state index contributed by atoms with van der Waals surface area (Å²) >= 11 is 5.94. The van der Waals surface area contributed by atoms with E-state index in [4.69, 9.17) is 11.6 Å². The lowest BCUT2D eigenvalue weighted by Gasteiger charge is -2.18. The van der Waals surface area contributed by atoms with Crippen LogP contribution in [0.2, 0.25) is 5.02 Å². The minimum absolute atomic E-state index is 0.0997. The fraction of sp³-hybridized carbons (Fsp3) is 0.176. The van der Waals surface area contributed by atoms with Crippen LogP contribution in [0, 0.1) is 5.82 Å². The Bertz CT molecular complexity index is 854. The summed E-state index contributed by atoms with van der Waals surface area (Å²) in [6.07, 6.45) is 8.98. The Balaban J connectivity index is 1.86. The topological polar surface area (TPSA) is 47.7 Å². The molecule has 2 heterocycles. The molecule has 5 nitrogen and oxygen atoms in total. The molecule has 2 aromatic heterocycles. The van der Waals surface area contributed by atoms with Gasteiger partial charge in [-0.25, -0.2) is 9.07 Å². The molecule has 1 aromatic carbocycles. The van der Waals surface area contributed by atoms with E-state index in [0.717, 1.165) is 16.7 Å². The Morgan fingerprint density at radius 3 is 2.75 bits per heavy atom. The van der Waals surface area contributed by atoms with Crippen LogP contribution in [-0.2, 0) is 13.6 Å². The summed E-state index contributed by atoms with van der Waals surface area (Å²) in [4.78, 5) is 0. The first-order valence-corrected chi connectivity index (χ1v) is 7.77. The van der Waals surface area contributed by atoms with E-state index in [0.29, 0.717) is 6.54 Å². The van der Waals surface area contributed by atoms with Gasteiger partial charge >= 0.3 is 0 Å². The zero-order valence-corrected chi connectivity index (χ0v) is 13.9. The van der Waals surface area contributed by atoms with Crippen LogP contribution in [0.3, 0.4) is 0 Å². The van der Waals surface area contributed by atoms with Crippen LogP contribution in [0.15, 0.2) is 49.6 Å². The lowest BCUT2D eigenvalue weighted by atomic mass is 10.0. The summed E-state index contributed by atoms with van der Waals surface area (Å²) in [6, 6.07) is 4.57. The summed E-state index contributed by atoms with van der Waals surface area (Å²) in [6.45, 7) is 4.26. The predicted octanol–water partition coefficient (Wildman–Crippen LogP) is 3.39. The van der Waals surface area contributed by atoms with Crippen molar-refractivity contribution in [2.45, 2.75) is 12.6 Å². The lowest BCUT2D eigenvalue weighted by molar-refractivity contribution is 0.597. The molecular weight excluding hydrogens is 329 g/mol. The summed E-state index contributed by atoms with van der Waals surface area (Å²) < 4.78 is 16.8. The number of nitrogens with zero attached hydrogens (tertiary/aromatic N) is 4. The molecule has 0 saturated heterocycles. The van der Waals surface area contributed by atoms with Gasteiger partial charge in [0.25, 0.3) is 0 Å². The Morgan fingerprint density at radius 2 is 2.12 bits per heavy atom. The molecule has 1 N–H and O–H groups in total. The third-order valence-corrected chi connectivity index (χ3v) is 3.98. The maximum Gasteiger partial charge on any atom is 0.141 e. The van der Waals surface area contributed by atoms with Gasteiger partial charge < -0.3 is 5.32 Å². The second kappa shape index (κ2) is 6.98. The van der Waals surface area contributed by atoms with Gasteiger partial charge in [0.2, 0.25) is 0 Å². The molecule has 0 fully saturated rings. The Labute approximate surface area is 144 Å². The molecule has 24 heavy (non-hydrogen) atoms. The van der Waals surface area contributed by atoms with Crippen LogP contribution in [0.1, 0.15) is 22.7 Å². The summed E-state index contributed by atoms with van der Waals surface area (Å²) in [5, 5.41) is 11.9. The highest BCUT2D eigenvalue weighted by molar-refractivity contribution is 6.30. The first-order chi connectivity index (χ1) is 11.6. The average Bonchev–Trinajstić information content (AvgIpc) is 3.20. The van der Waals surface area contributed by atoms with Gasteiger partial charge in [-0.3, -0.25) is 4.68 Å². The van der Waals surface area contributed by atoms with Gasteiger partial charge in [-0.2, -0.15) is 10.2 Å². The molecule has 7 heteroatoms. The average molecular weight is 346 g/mol. The molecule has 0 spiro atoms. The Kier molecular flexibility index (Phi) is 4.78. The summed E-state index contributed by atoms with van der Waals surface area (Å²) in [7, 11) is 1.85. The standard InChI is InChI=1S/C17H17ClFN5/c1-3-24-10-12(8-22-24)7-20-17(14-9-21-23(2)11-14)13-4-5-16(19)15(18)6-13/h3-6,8-11,17,20H,1,7H2,2H3/t17-/m1/s1. The molecule has 0 bridgehead atoms. The third kappa shape index (κ3) is 3.55. The summed E-state index contributed by atoms with van der Waals surface area (Å²) in [5.74, 6) is -0.433. The second-order valence-electron chi connectivity index (χ2n) is 5.45. The van der Waals surface area contributed by atoms with Gasteiger partial charge in [0.15, 0.2) is 0 Å². The van der Waals surface area contributed by atoms with Gasteiger partial charge in [-0.1, -0.05) is 24.2 Å². The van der Waals surface area contributed by atoms with Crippen LogP contribution in [-0.4, -0.2) is 19.6 Å². The van der Waals surface area contributed by atoms with Crippen molar-refractivity contribution in [3.8, 4) is 0 Å². The van der Waals surface area contributed by atoms with Crippen LogP contribution in [0.5, 0.6) is 0 Å². The van der Waals surface area contributed by atoms with Crippen LogP contribution < -0.4 is 5.32 Å². The molecule has 0 amide bonds. The van der Waals surface area contributed by atoms with Crippen molar-refractivity contribution in [2.75, 3.05) is 0 Å². The highest BCUT2D eigenvalue weighted by Gasteiger charge is 2.17. The Hall–Kier alpha value is -2.44. The van der Waals surface area contributed by atoms with Gasteiger partial charge in [0.05, 0.1) is 23.5 Å². The molecule has 0 aliphatic carbocycles. The number of rotatable bonds is 6. The van der Waals surface area contributed by atoms with Crippen LogP contribution >= 0.6 is 11.6 Å². The van der Waals surface area contributed by atoms with E-state index in [-0.39, 0.29) is 11.1 Å². The molecule has 1 atom stereocenters. The van der Waals surface area contributed by atoms with E-state index in [9.17, 15) is 4.39 Å². The Morgan fingerprint density at radius 1 is 1.29 bits per heavy atom. The van der Waals surface area contributed by atoms with Gasteiger partial charge in [0, 0.05) is 43.3 Å². The number of benzene rings is 1. The molecule has 0 aliphatic rings. The van der Waals surface area contributed by atoms with E-state index < -0.39 is 5.82 Å². The number of hydrogen-bond donors (Lipinski definition) is 1. The maximum atomic E-state index is 13.5. The van der Waals surface area contributed by atoms with E-state index in [1.165, 1.54) is 6.07 Å². The molecule has 0 unspecified atom stereocenters. The van der Waals surface area contributed by atoms with Crippen molar-refractivity contribution in [1.82, 2.24) is 24.9 Å². The minimum atomic E-state index is -0.433. The monoisotopic (exact) mass is 345 g/mol. The van der Waals surface area contributed by atoms with E-state index in [1.54, 1.807) is 40.1 Å². The highest BCUT2D eigenvalue weighted by Crippen LogP contribution is 2.26. The van der Waals surface area contributed by atoms with E-state index >= 15 is 0 Å². The van der Waals surface area contributed by atoms with Crippen molar-refractivity contribution < 1.29 is 4.39 Å².